The lowest BCUT2D eigenvalue weighted by atomic mass is 9.88. The zero-order chi connectivity index (χ0) is 8.54. The van der Waals surface area contributed by atoms with Crippen molar-refractivity contribution in [2.24, 2.45) is 5.41 Å². The van der Waals surface area contributed by atoms with Crippen LogP contribution < -0.4 is 0 Å². The Kier molecular flexibility index (Phi) is 2.71. The molecule has 0 aromatic rings. The minimum absolute atomic E-state index is 0.217. The maximum atomic E-state index is 12.4. The summed E-state index contributed by atoms with van der Waals surface area (Å²) in [6.45, 7) is 0. The molecule has 1 saturated carbocycles. The maximum absolute atomic E-state index is 12.4. The van der Waals surface area contributed by atoms with Gasteiger partial charge in [0.05, 0.1) is 5.41 Å². The average molecular weight is 278 g/mol. The van der Waals surface area contributed by atoms with Gasteiger partial charge in [0, 0.05) is 4.43 Å². The van der Waals surface area contributed by atoms with Crippen LogP contribution in [0.15, 0.2) is 0 Å². The van der Waals surface area contributed by atoms with Gasteiger partial charge < -0.3 is 0 Å². The van der Waals surface area contributed by atoms with Gasteiger partial charge in [-0.05, 0) is 12.8 Å². The summed E-state index contributed by atoms with van der Waals surface area (Å²) in [6.07, 6.45) is -1.84. The molecule has 4 heteroatoms. The van der Waals surface area contributed by atoms with Crippen molar-refractivity contribution >= 4 is 22.6 Å². The van der Waals surface area contributed by atoms with Gasteiger partial charge in [0.1, 0.15) is 0 Å². The summed E-state index contributed by atoms with van der Waals surface area (Å²) < 4.78 is 37.5. The first kappa shape index (κ1) is 9.61. The highest BCUT2D eigenvalue weighted by Crippen LogP contribution is 2.51. The molecule has 1 aliphatic carbocycles. The molecule has 0 aliphatic heterocycles. The van der Waals surface area contributed by atoms with Crippen molar-refractivity contribution in [2.75, 3.05) is 4.43 Å². The fourth-order valence-electron chi connectivity index (χ4n) is 1.54. The van der Waals surface area contributed by atoms with E-state index >= 15 is 0 Å². The number of halogens is 4. The van der Waals surface area contributed by atoms with E-state index in [1.54, 1.807) is 0 Å². The molecule has 0 aromatic carbocycles. The van der Waals surface area contributed by atoms with Crippen molar-refractivity contribution in [3.63, 3.8) is 0 Å². The third-order valence-electron chi connectivity index (χ3n) is 2.42. The second kappa shape index (κ2) is 3.11. The SMILES string of the molecule is FC(F)(F)C1(CI)CCCC1. The number of rotatable bonds is 1. The Bertz CT molecular complexity index is 135. The molecule has 0 amide bonds. The molecule has 1 aliphatic rings. The summed E-state index contributed by atoms with van der Waals surface area (Å²) in [7, 11) is 0. The fourth-order valence-corrected chi connectivity index (χ4v) is 2.74. The first-order valence-corrected chi connectivity index (χ1v) is 5.17. The van der Waals surface area contributed by atoms with Crippen LogP contribution in [0.25, 0.3) is 0 Å². The van der Waals surface area contributed by atoms with Gasteiger partial charge in [-0.25, -0.2) is 0 Å². The Hall–Kier alpha value is 0.520. The molecule has 0 spiro atoms. The van der Waals surface area contributed by atoms with E-state index in [1.165, 1.54) is 0 Å². The molecule has 11 heavy (non-hydrogen) atoms. The van der Waals surface area contributed by atoms with Crippen molar-refractivity contribution in [1.82, 2.24) is 0 Å². The molecule has 0 heterocycles. The summed E-state index contributed by atoms with van der Waals surface area (Å²) in [5, 5.41) is 0. The molecule has 1 rings (SSSR count). The molecule has 0 saturated heterocycles. The standard InChI is InChI=1S/C7H10F3I/c8-7(9,10)6(5-11)3-1-2-4-6/h1-5H2. The molecule has 0 radical (unpaired) electrons. The quantitative estimate of drug-likeness (QED) is 0.508. The largest absolute Gasteiger partial charge is 0.395 e. The number of hydrogen-bond acceptors (Lipinski definition) is 0. The maximum Gasteiger partial charge on any atom is 0.395 e. The molecular weight excluding hydrogens is 268 g/mol. The second-order valence-electron chi connectivity index (χ2n) is 3.12. The van der Waals surface area contributed by atoms with Crippen molar-refractivity contribution in [1.29, 1.82) is 0 Å². The van der Waals surface area contributed by atoms with E-state index in [1.807, 2.05) is 22.6 Å². The van der Waals surface area contributed by atoms with E-state index in [9.17, 15) is 13.2 Å². The van der Waals surface area contributed by atoms with Gasteiger partial charge in [0.25, 0.3) is 0 Å². The smallest absolute Gasteiger partial charge is 0.170 e. The predicted octanol–water partition coefficient (Wildman–Crippen LogP) is 3.54. The average Bonchev–Trinajstić information content (AvgIpc) is 2.33. The Morgan fingerprint density at radius 3 is 1.82 bits per heavy atom. The monoisotopic (exact) mass is 278 g/mol. The highest BCUT2D eigenvalue weighted by Gasteiger charge is 2.54. The van der Waals surface area contributed by atoms with Crippen molar-refractivity contribution in [3.8, 4) is 0 Å². The van der Waals surface area contributed by atoms with Gasteiger partial charge in [-0.2, -0.15) is 13.2 Å². The first-order valence-electron chi connectivity index (χ1n) is 3.64. The van der Waals surface area contributed by atoms with Crippen molar-refractivity contribution in [3.05, 3.63) is 0 Å². The summed E-state index contributed by atoms with van der Waals surface area (Å²) in [5.74, 6) is 0. The van der Waals surface area contributed by atoms with Gasteiger partial charge in [0.15, 0.2) is 0 Å². The fraction of sp³-hybridized carbons (Fsp3) is 1.00. The molecule has 66 valence electrons. The molecule has 0 atom stereocenters. The molecule has 0 unspecified atom stereocenters. The molecule has 0 nitrogen and oxygen atoms in total. The highest BCUT2D eigenvalue weighted by atomic mass is 127. The molecule has 0 aromatic heterocycles. The lowest BCUT2D eigenvalue weighted by Gasteiger charge is -2.29. The van der Waals surface area contributed by atoms with Crippen LogP contribution in [0.4, 0.5) is 13.2 Å². The minimum atomic E-state index is -3.98. The van der Waals surface area contributed by atoms with Crippen LogP contribution in [0.3, 0.4) is 0 Å². The lowest BCUT2D eigenvalue weighted by Crippen LogP contribution is -2.36. The third kappa shape index (κ3) is 1.65. The van der Waals surface area contributed by atoms with Crippen LogP contribution in [0.1, 0.15) is 25.7 Å². The lowest BCUT2D eigenvalue weighted by molar-refractivity contribution is -0.212. The van der Waals surface area contributed by atoms with E-state index < -0.39 is 11.6 Å². The zero-order valence-electron chi connectivity index (χ0n) is 6.05. The summed E-state index contributed by atoms with van der Waals surface area (Å²) in [4.78, 5) is 0. The normalized spacial score (nSPS) is 24.0. The van der Waals surface area contributed by atoms with Gasteiger partial charge >= 0.3 is 6.18 Å². The summed E-state index contributed by atoms with van der Waals surface area (Å²) >= 11 is 1.85. The van der Waals surface area contributed by atoms with Crippen LogP contribution >= 0.6 is 22.6 Å². The first-order chi connectivity index (χ1) is 5.02. The predicted molar refractivity (Wildman–Crippen MR) is 45.8 cm³/mol. The van der Waals surface area contributed by atoms with E-state index in [4.69, 9.17) is 0 Å². The van der Waals surface area contributed by atoms with Crippen LogP contribution in [0, 0.1) is 5.41 Å². The Labute approximate surface area is 77.7 Å². The van der Waals surface area contributed by atoms with E-state index in [-0.39, 0.29) is 4.43 Å². The zero-order valence-corrected chi connectivity index (χ0v) is 8.20. The van der Waals surface area contributed by atoms with E-state index in [2.05, 4.69) is 0 Å². The van der Waals surface area contributed by atoms with Crippen LogP contribution in [-0.4, -0.2) is 10.6 Å². The minimum Gasteiger partial charge on any atom is -0.170 e. The van der Waals surface area contributed by atoms with Gasteiger partial charge in [-0.3, -0.25) is 0 Å². The van der Waals surface area contributed by atoms with Crippen LogP contribution in [-0.2, 0) is 0 Å². The molecule has 0 bridgehead atoms. The van der Waals surface area contributed by atoms with Crippen LogP contribution in [0.5, 0.6) is 0 Å². The topological polar surface area (TPSA) is 0 Å². The Morgan fingerprint density at radius 1 is 1.18 bits per heavy atom. The molecular formula is C7H10F3I. The number of hydrogen-bond donors (Lipinski definition) is 0. The Balaban J connectivity index is 2.75. The summed E-state index contributed by atoms with van der Waals surface area (Å²) in [5.41, 5.74) is -1.34. The van der Waals surface area contributed by atoms with Gasteiger partial charge in [-0.1, -0.05) is 35.4 Å². The Morgan fingerprint density at radius 2 is 1.64 bits per heavy atom. The molecule has 0 N–H and O–H groups in total. The van der Waals surface area contributed by atoms with Gasteiger partial charge in [-0.15, -0.1) is 0 Å². The van der Waals surface area contributed by atoms with E-state index in [0.29, 0.717) is 12.8 Å². The number of alkyl halides is 4. The summed E-state index contributed by atoms with van der Waals surface area (Å²) in [6, 6.07) is 0. The van der Waals surface area contributed by atoms with E-state index in [0.717, 1.165) is 12.8 Å². The highest BCUT2D eigenvalue weighted by molar-refractivity contribution is 14.1. The molecule has 1 fully saturated rings. The second-order valence-corrected chi connectivity index (χ2v) is 3.88. The van der Waals surface area contributed by atoms with Crippen LogP contribution in [0.2, 0.25) is 0 Å². The van der Waals surface area contributed by atoms with Crippen molar-refractivity contribution < 1.29 is 13.2 Å². The van der Waals surface area contributed by atoms with Gasteiger partial charge in [0.2, 0.25) is 0 Å². The third-order valence-corrected chi connectivity index (χ3v) is 3.88. The van der Waals surface area contributed by atoms with Crippen molar-refractivity contribution in [2.45, 2.75) is 31.9 Å².